The fourth-order valence-corrected chi connectivity index (χ4v) is 3.12. The molecule has 0 aliphatic rings. The molecule has 140 valence electrons. The summed E-state index contributed by atoms with van der Waals surface area (Å²) >= 11 is 0. The number of nitrogens with zero attached hydrogens (tertiary/aromatic N) is 3. The van der Waals surface area contributed by atoms with Crippen LogP contribution in [0.2, 0.25) is 0 Å². The van der Waals surface area contributed by atoms with Crippen molar-refractivity contribution >= 4 is 21.2 Å². The van der Waals surface area contributed by atoms with Gasteiger partial charge in [0.2, 0.25) is 0 Å². The van der Waals surface area contributed by atoms with Gasteiger partial charge < -0.3 is 5.32 Å². The van der Waals surface area contributed by atoms with Crippen LogP contribution in [0.1, 0.15) is 5.82 Å². The molecule has 0 fully saturated rings. The zero-order valence-corrected chi connectivity index (χ0v) is 15.2. The molecule has 0 saturated carbocycles. The number of nitro groups is 1. The maximum atomic E-state index is 11.6. The van der Waals surface area contributed by atoms with Crippen LogP contribution in [0.25, 0.3) is 11.4 Å². The van der Waals surface area contributed by atoms with Crippen molar-refractivity contribution < 1.29 is 13.3 Å². The highest BCUT2D eigenvalue weighted by Crippen LogP contribution is 2.27. The van der Waals surface area contributed by atoms with Crippen molar-refractivity contribution in [2.24, 2.45) is 0 Å². The topological polar surface area (TPSA) is 131 Å². The molecular weight excluding hydrogens is 370 g/mol. The van der Waals surface area contributed by atoms with Crippen molar-refractivity contribution in [3.05, 3.63) is 64.5 Å². The quantitative estimate of drug-likeness (QED) is 0.470. The van der Waals surface area contributed by atoms with Gasteiger partial charge in [-0.1, -0.05) is 30.3 Å². The molecule has 0 spiro atoms. The molecule has 0 saturated heterocycles. The van der Waals surface area contributed by atoms with Gasteiger partial charge in [-0.05, 0) is 12.1 Å². The molecule has 10 heteroatoms. The normalized spacial score (nSPS) is 11.3. The molecule has 0 unspecified atom stereocenters. The summed E-state index contributed by atoms with van der Waals surface area (Å²) in [6.07, 6.45) is 1.47. The number of hydrogen-bond acceptors (Lipinski definition) is 7. The fraction of sp³-hybridized carbons (Fsp3) is 0.176. The summed E-state index contributed by atoms with van der Waals surface area (Å²) < 4.78 is 23.1. The number of anilines is 1. The van der Waals surface area contributed by atoms with Gasteiger partial charge in [0, 0.05) is 30.9 Å². The monoisotopic (exact) mass is 387 g/mol. The molecule has 27 heavy (non-hydrogen) atoms. The standard InChI is InChI=1S/C17H17N5O4S/c1-27(25,26)13-7-8-14(15(11-13)22(23)24)18-10-9-16-19-17(21-20-16)12-5-3-2-4-6-12/h2-8,11,18H,9-10H2,1H3,(H,19,20,21). The number of rotatable bonds is 7. The Labute approximate surface area is 155 Å². The van der Waals surface area contributed by atoms with Crippen LogP contribution >= 0.6 is 0 Å². The van der Waals surface area contributed by atoms with E-state index in [1.165, 1.54) is 12.1 Å². The first kappa shape index (κ1) is 18.5. The molecular formula is C17H17N5O4S. The second-order valence-electron chi connectivity index (χ2n) is 5.86. The van der Waals surface area contributed by atoms with E-state index in [0.717, 1.165) is 17.9 Å². The predicted octanol–water partition coefficient (Wildman–Crippen LogP) is 2.44. The minimum atomic E-state index is -3.52. The van der Waals surface area contributed by atoms with Gasteiger partial charge in [-0.15, -0.1) is 0 Å². The van der Waals surface area contributed by atoms with Crippen LogP contribution in [0.5, 0.6) is 0 Å². The summed E-state index contributed by atoms with van der Waals surface area (Å²) in [4.78, 5) is 14.9. The smallest absolute Gasteiger partial charge is 0.293 e. The largest absolute Gasteiger partial charge is 0.379 e. The summed E-state index contributed by atoms with van der Waals surface area (Å²) in [5, 5.41) is 21.2. The van der Waals surface area contributed by atoms with E-state index >= 15 is 0 Å². The van der Waals surface area contributed by atoms with Crippen LogP contribution < -0.4 is 5.32 Å². The zero-order chi connectivity index (χ0) is 19.4. The van der Waals surface area contributed by atoms with Gasteiger partial charge >= 0.3 is 0 Å². The van der Waals surface area contributed by atoms with Gasteiger partial charge in [0.1, 0.15) is 11.5 Å². The van der Waals surface area contributed by atoms with Gasteiger partial charge in [-0.3, -0.25) is 15.2 Å². The summed E-state index contributed by atoms with van der Waals surface area (Å²) in [5.74, 6) is 1.21. The van der Waals surface area contributed by atoms with E-state index in [1.807, 2.05) is 30.3 Å². The van der Waals surface area contributed by atoms with E-state index in [4.69, 9.17) is 0 Å². The van der Waals surface area contributed by atoms with E-state index in [-0.39, 0.29) is 16.3 Å². The lowest BCUT2D eigenvalue weighted by molar-refractivity contribution is -0.384. The number of nitro benzene ring substituents is 1. The average molecular weight is 387 g/mol. The van der Waals surface area contributed by atoms with Crippen molar-refractivity contribution in [2.45, 2.75) is 11.3 Å². The maximum Gasteiger partial charge on any atom is 0.293 e. The molecule has 3 aromatic rings. The highest BCUT2D eigenvalue weighted by molar-refractivity contribution is 7.90. The third kappa shape index (κ3) is 4.47. The molecule has 3 rings (SSSR count). The summed E-state index contributed by atoms with van der Waals surface area (Å²) in [6.45, 7) is 0.364. The van der Waals surface area contributed by atoms with Crippen LogP contribution in [0.3, 0.4) is 0 Å². The molecule has 2 aromatic carbocycles. The highest BCUT2D eigenvalue weighted by atomic mass is 32.2. The predicted molar refractivity (Wildman–Crippen MR) is 100 cm³/mol. The average Bonchev–Trinajstić information content (AvgIpc) is 3.10. The van der Waals surface area contributed by atoms with Gasteiger partial charge in [0.25, 0.3) is 5.69 Å². The lowest BCUT2D eigenvalue weighted by Gasteiger charge is -2.07. The number of aromatic nitrogens is 3. The summed E-state index contributed by atoms with van der Waals surface area (Å²) in [6, 6.07) is 13.3. The molecule has 2 N–H and O–H groups in total. The summed E-state index contributed by atoms with van der Waals surface area (Å²) in [5.41, 5.74) is 0.843. The molecule has 1 aromatic heterocycles. The van der Waals surface area contributed by atoms with E-state index in [1.54, 1.807) is 0 Å². The number of sulfone groups is 1. The Hall–Kier alpha value is -3.27. The second kappa shape index (κ2) is 7.54. The zero-order valence-electron chi connectivity index (χ0n) is 14.4. The number of hydrogen-bond donors (Lipinski definition) is 2. The van der Waals surface area contributed by atoms with Crippen LogP contribution in [0, 0.1) is 10.1 Å². The molecule has 1 heterocycles. The fourth-order valence-electron chi connectivity index (χ4n) is 2.48. The lowest BCUT2D eigenvalue weighted by Crippen LogP contribution is -2.08. The van der Waals surface area contributed by atoms with Crippen molar-refractivity contribution in [1.82, 2.24) is 15.2 Å². The Morgan fingerprint density at radius 3 is 2.59 bits per heavy atom. The number of aromatic amines is 1. The van der Waals surface area contributed by atoms with E-state index in [2.05, 4.69) is 20.5 Å². The van der Waals surface area contributed by atoms with Crippen molar-refractivity contribution in [2.75, 3.05) is 18.1 Å². The van der Waals surface area contributed by atoms with Gasteiger partial charge in [0.15, 0.2) is 15.7 Å². The molecule has 0 aliphatic carbocycles. The Morgan fingerprint density at radius 2 is 1.93 bits per heavy atom. The van der Waals surface area contributed by atoms with Gasteiger partial charge in [0.05, 0.1) is 9.82 Å². The number of H-pyrrole nitrogens is 1. The highest BCUT2D eigenvalue weighted by Gasteiger charge is 2.18. The Balaban J connectivity index is 1.69. The van der Waals surface area contributed by atoms with Crippen molar-refractivity contribution in [3.8, 4) is 11.4 Å². The molecule has 0 atom stereocenters. The Morgan fingerprint density at radius 1 is 1.19 bits per heavy atom. The molecule has 0 bridgehead atoms. The third-order valence-corrected chi connectivity index (χ3v) is 4.95. The van der Waals surface area contributed by atoms with E-state index in [0.29, 0.717) is 24.6 Å². The second-order valence-corrected chi connectivity index (χ2v) is 7.87. The Bertz CT molecular complexity index is 1060. The summed E-state index contributed by atoms with van der Waals surface area (Å²) in [7, 11) is -3.52. The lowest BCUT2D eigenvalue weighted by atomic mass is 10.2. The first-order chi connectivity index (χ1) is 12.8. The van der Waals surface area contributed by atoms with Crippen LogP contribution in [-0.4, -0.2) is 41.3 Å². The van der Waals surface area contributed by atoms with E-state index in [9.17, 15) is 18.5 Å². The van der Waals surface area contributed by atoms with E-state index < -0.39 is 14.8 Å². The maximum absolute atomic E-state index is 11.6. The van der Waals surface area contributed by atoms with Crippen LogP contribution in [0.15, 0.2) is 53.4 Å². The minimum absolute atomic E-state index is 0.0949. The SMILES string of the molecule is CS(=O)(=O)c1ccc(NCCc2nc(-c3ccccc3)n[nH]2)c([N+](=O)[O-])c1. The van der Waals surface area contributed by atoms with Gasteiger partial charge in [-0.2, -0.15) is 5.10 Å². The van der Waals surface area contributed by atoms with Gasteiger partial charge in [-0.25, -0.2) is 13.4 Å². The number of nitrogens with one attached hydrogen (secondary N) is 2. The molecule has 0 radical (unpaired) electrons. The minimum Gasteiger partial charge on any atom is -0.379 e. The first-order valence-electron chi connectivity index (χ1n) is 8.03. The molecule has 9 nitrogen and oxygen atoms in total. The van der Waals surface area contributed by atoms with Crippen molar-refractivity contribution in [3.63, 3.8) is 0 Å². The first-order valence-corrected chi connectivity index (χ1v) is 9.93. The van der Waals surface area contributed by atoms with Crippen LogP contribution in [-0.2, 0) is 16.3 Å². The molecule has 0 amide bonds. The third-order valence-electron chi connectivity index (χ3n) is 3.84. The van der Waals surface area contributed by atoms with Crippen molar-refractivity contribution in [1.29, 1.82) is 0 Å². The van der Waals surface area contributed by atoms with Crippen LogP contribution in [0.4, 0.5) is 11.4 Å². The molecule has 0 aliphatic heterocycles. The number of benzene rings is 2. The Kier molecular flexibility index (Phi) is 5.17.